The van der Waals surface area contributed by atoms with E-state index in [2.05, 4.69) is 72.7 Å². The fraction of sp³-hybridized carbons (Fsp3) is 0.500. The Morgan fingerprint density at radius 2 is 1.56 bits per heavy atom. The Morgan fingerprint density at radius 3 is 2.13 bits per heavy atom. The molecule has 0 unspecified atom stereocenters. The van der Waals surface area contributed by atoms with Crippen molar-refractivity contribution in [1.29, 1.82) is 0 Å². The molecule has 1 aliphatic heterocycles. The van der Waals surface area contributed by atoms with Crippen LogP contribution in [0.2, 0.25) is 0 Å². The van der Waals surface area contributed by atoms with Crippen molar-refractivity contribution >= 4 is 25.3 Å². The van der Waals surface area contributed by atoms with Gasteiger partial charge in [-0.05, 0) is 58.3 Å². The van der Waals surface area contributed by atoms with Crippen LogP contribution in [-0.4, -0.2) is 52.8 Å². The van der Waals surface area contributed by atoms with E-state index in [1.807, 2.05) is 36.7 Å². The van der Waals surface area contributed by atoms with E-state index in [1.54, 1.807) is 11.1 Å². The van der Waals surface area contributed by atoms with Crippen LogP contribution in [0.4, 0.5) is 0 Å². The zero-order chi connectivity index (χ0) is 27.6. The second-order valence-corrected chi connectivity index (χ2v) is 9.82. The second-order valence-electron chi connectivity index (χ2n) is 9.82. The first-order chi connectivity index (χ1) is 18.4. The van der Waals surface area contributed by atoms with Gasteiger partial charge in [0.15, 0.2) is 6.20 Å². The summed E-state index contributed by atoms with van der Waals surface area (Å²) in [6.07, 6.45) is 33.5. The van der Waals surface area contributed by atoms with Gasteiger partial charge in [-0.2, -0.15) is 18.1 Å². The van der Waals surface area contributed by atoms with E-state index in [0.29, 0.717) is 25.2 Å². The summed E-state index contributed by atoms with van der Waals surface area (Å²) in [5.41, 5.74) is 1.42. The third kappa shape index (κ3) is 13.1. The molecule has 1 aliphatic rings. The van der Waals surface area contributed by atoms with Crippen molar-refractivity contribution in [1.82, 2.24) is 14.8 Å². The molecule has 1 aromatic rings. The number of rotatable bonds is 15. The van der Waals surface area contributed by atoms with E-state index in [9.17, 15) is 9.59 Å². The Labute approximate surface area is 243 Å². The minimum absolute atomic E-state index is 0. The number of likely N-dealkylation sites (N-methyl/N-ethyl adjacent to an activating group) is 1. The van der Waals surface area contributed by atoms with Gasteiger partial charge in [0.05, 0.1) is 6.04 Å². The standard InChI is InChI=1S/C32H47N4O2.H2S/c1-5-6-7-8-9-10-11-12-13-14-15-16-17-18-19-20-21-22-31(37)36-24-23-29(27-36)35(4)32(38)30-25-33-28(2)26-34(30)3;/h6-7,9-10,12-13,15-16,18-19,25-26,29H,5,8,11,14,17,20-24,27H2,1-4H3;1H2/q+1;/b7-6-,10-9-,13-12-,16-15-,19-18-;/t29-;/m0./s1. The lowest BCUT2D eigenvalue weighted by Crippen LogP contribution is -2.46. The van der Waals surface area contributed by atoms with Crippen LogP contribution < -0.4 is 4.57 Å². The van der Waals surface area contributed by atoms with Crippen molar-refractivity contribution in [3.05, 3.63) is 84.5 Å². The lowest BCUT2D eigenvalue weighted by molar-refractivity contribution is -0.674. The third-order valence-electron chi connectivity index (χ3n) is 6.67. The second kappa shape index (κ2) is 20.0. The first-order valence-corrected chi connectivity index (χ1v) is 14.1. The van der Waals surface area contributed by atoms with E-state index in [-0.39, 0.29) is 31.4 Å². The van der Waals surface area contributed by atoms with Crippen molar-refractivity contribution < 1.29 is 14.2 Å². The summed E-state index contributed by atoms with van der Waals surface area (Å²) < 4.78 is 1.81. The Balaban J connectivity index is 0.00000760. The Hall–Kier alpha value is -2.93. The predicted molar refractivity (Wildman–Crippen MR) is 166 cm³/mol. The third-order valence-corrected chi connectivity index (χ3v) is 6.67. The van der Waals surface area contributed by atoms with Gasteiger partial charge in [0.2, 0.25) is 5.91 Å². The van der Waals surface area contributed by atoms with Crippen LogP contribution >= 0.6 is 13.5 Å². The van der Waals surface area contributed by atoms with Crippen molar-refractivity contribution in [2.24, 2.45) is 7.05 Å². The Kier molecular flexibility index (Phi) is 17.5. The van der Waals surface area contributed by atoms with Crippen LogP contribution in [0.25, 0.3) is 0 Å². The van der Waals surface area contributed by atoms with Crippen molar-refractivity contribution in [3.63, 3.8) is 0 Å². The molecule has 214 valence electrons. The number of aromatic nitrogens is 2. The molecule has 1 atom stereocenters. The summed E-state index contributed by atoms with van der Waals surface area (Å²) in [4.78, 5) is 33.5. The number of amides is 2. The minimum atomic E-state index is -0.0577. The number of nitrogens with zero attached hydrogens (tertiary/aromatic N) is 4. The quantitative estimate of drug-likeness (QED) is 0.154. The summed E-state index contributed by atoms with van der Waals surface area (Å²) in [7, 11) is 3.68. The molecule has 7 heteroatoms. The average molecular weight is 554 g/mol. The maximum Gasteiger partial charge on any atom is 0.320 e. The molecule has 2 rings (SSSR count). The highest BCUT2D eigenvalue weighted by Gasteiger charge is 2.33. The number of unbranched alkanes of at least 4 members (excludes halogenated alkanes) is 1. The summed E-state index contributed by atoms with van der Waals surface area (Å²) in [5.74, 6) is 0.126. The van der Waals surface area contributed by atoms with E-state index < -0.39 is 0 Å². The monoisotopic (exact) mass is 553 g/mol. The normalized spacial score (nSPS) is 15.9. The molecule has 6 nitrogen and oxygen atoms in total. The Morgan fingerprint density at radius 1 is 1.00 bits per heavy atom. The number of hydrogen-bond donors (Lipinski definition) is 0. The topological polar surface area (TPSA) is 57.4 Å². The van der Waals surface area contributed by atoms with Crippen molar-refractivity contribution in [2.75, 3.05) is 20.1 Å². The number of aryl methyl sites for hydroxylation is 2. The largest absolute Gasteiger partial charge is 0.341 e. The molecule has 2 amide bonds. The molecule has 0 radical (unpaired) electrons. The lowest BCUT2D eigenvalue weighted by atomic mass is 10.2. The van der Waals surface area contributed by atoms with Gasteiger partial charge < -0.3 is 9.80 Å². The highest BCUT2D eigenvalue weighted by molar-refractivity contribution is 7.59. The fourth-order valence-corrected chi connectivity index (χ4v) is 4.37. The van der Waals surface area contributed by atoms with Crippen LogP contribution in [0.15, 0.2) is 73.2 Å². The van der Waals surface area contributed by atoms with Gasteiger partial charge in [-0.3, -0.25) is 9.59 Å². The molecular weight excluding hydrogens is 504 g/mol. The van der Waals surface area contributed by atoms with Crippen molar-refractivity contribution in [3.8, 4) is 0 Å². The highest BCUT2D eigenvalue weighted by atomic mass is 32.1. The van der Waals surface area contributed by atoms with Gasteiger partial charge >= 0.3 is 5.91 Å². The molecule has 0 aromatic carbocycles. The van der Waals surface area contributed by atoms with Crippen LogP contribution in [-0.2, 0) is 11.8 Å². The first-order valence-electron chi connectivity index (χ1n) is 14.1. The average Bonchev–Trinajstić information content (AvgIpc) is 3.40. The molecule has 1 fully saturated rings. The molecule has 0 saturated carbocycles. The number of allylic oxidation sites excluding steroid dienone is 10. The highest BCUT2D eigenvalue weighted by Crippen LogP contribution is 2.17. The van der Waals surface area contributed by atoms with Gasteiger partial charge in [-0.1, -0.05) is 67.7 Å². The summed E-state index contributed by atoms with van der Waals surface area (Å²) in [6, 6.07) is 0.0405. The van der Waals surface area contributed by atoms with Gasteiger partial charge in [-0.15, -0.1) is 0 Å². The zero-order valence-corrected chi connectivity index (χ0v) is 25.4. The predicted octanol–water partition coefficient (Wildman–Crippen LogP) is 5.92. The molecule has 39 heavy (non-hydrogen) atoms. The Bertz CT molecular complexity index is 1030. The van der Waals surface area contributed by atoms with Crippen LogP contribution in [0.3, 0.4) is 0 Å². The summed E-state index contributed by atoms with van der Waals surface area (Å²) in [6.45, 7) is 5.37. The molecular formula is C32H49N4O2S+. The zero-order valence-electron chi connectivity index (χ0n) is 24.4. The smallest absolute Gasteiger partial charge is 0.320 e. The molecule has 0 aliphatic carbocycles. The molecule has 0 bridgehead atoms. The van der Waals surface area contributed by atoms with E-state index in [4.69, 9.17) is 0 Å². The SMILES string of the molecule is CC/C=C\C/C=C\C/C=C\C/C=C\C/C=C\CCCC(=O)N1CC[C@H](N(C)C(=O)c2cnc(C)c[n+]2C)C1.S. The summed E-state index contributed by atoms with van der Waals surface area (Å²) >= 11 is 0. The molecule has 1 aromatic heterocycles. The van der Waals surface area contributed by atoms with E-state index >= 15 is 0 Å². The molecule has 1 saturated heterocycles. The van der Waals surface area contributed by atoms with E-state index in [0.717, 1.165) is 57.1 Å². The maximum atomic E-state index is 12.9. The number of carbonyl (C=O) groups is 2. The van der Waals surface area contributed by atoms with Crippen LogP contribution in [0.5, 0.6) is 0 Å². The summed E-state index contributed by atoms with van der Waals surface area (Å²) in [5, 5.41) is 0. The molecule has 2 heterocycles. The van der Waals surface area contributed by atoms with Crippen LogP contribution in [0.1, 0.15) is 80.9 Å². The van der Waals surface area contributed by atoms with Gasteiger partial charge in [0.25, 0.3) is 5.69 Å². The van der Waals surface area contributed by atoms with Crippen LogP contribution in [0, 0.1) is 6.92 Å². The number of carbonyl (C=O) groups excluding carboxylic acids is 2. The lowest BCUT2D eigenvalue weighted by Gasteiger charge is -2.23. The number of hydrogen-bond acceptors (Lipinski definition) is 3. The van der Waals surface area contributed by atoms with E-state index in [1.165, 1.54) is 0 Å². The van der Waals surface area contributed by atoms with Gasteiger partial charge in [0.1, 0.15) is 18.9 Å². The van der Waals surface area contributed by atoms with Gasteiger partial charge in [0, 0.05) is 26.6 Å². The van der Waals surface area contributed by atoms with Crippen molar-refractivity contribution in [2.45, 2.75) is 77.7 Å². The van der Waals surface area contributed by atoms with Gasteiger partial charge in [-0.25, -0.2) is 4.98 Å². The maximum absolute atomic E-state index is 12.9. The first kappa shape index (κ1) is 34.1. The molecule has 0 spiro atoms. The number of likely N-dealkylation sites (tertiary alicyclic amines) is 1. The minimum Gasteiger partial charge on any atom is -0.341 e. The fourth-order valence-electron chi connectivity index (χ4n) is 4.37. The molecule has 0 N–H and O–H groups in total.